The van der Waals surface area contributed by atoms with Gasteiger partial charge < -0.3 is 5.32 Å². The number of hydrogen-bond donors (Lipinski definition) is 1. The van der Waals surface area contributed by atoms with Crippen molar-refractivity contribution < 1.29 is 0 Å². The standard InChI is InChI=1S/C24H25N/c1-25-24-17-21-9-5-6-10-22(21)23(24)16-20-13-11-19(12-14-20)15-18-7-3-2-4-8-18/h2-14,23-25H,15-17H2,1H3/t23?,24-/m0/s1. The summed E-state index contributed by atoms with van der Waals surface area (Å²) in [6.45, 7) is 0. The van der Waals surface area contributed by atoms with Gasteiger partial charge in [0.05, 0.1) is 0 Å². The van der Waals surface area contributed by atoms with Crippen molar-refractivity contribution in [3.63, 3.8) is 0 Å². The summed E-state index contributed by atoms with van der Waals surface area (Å²) in [5.74, 6) is 0.571. The van der Waals surface area contributed by atoms with Crippen LogP contribution in [0.1, 0.15) is 33.7 Å². The lowest BCUT2D eigenvalue weighted by Gasteiger charge is -2.20. The molecule has 0 spiro atoms. The molecule has 2 atom stereocenters. The average Bonchev–Trinajstić information content (AvgIpc) is 3.02. The Balaban J connectivity index is 1.49. The Bertz CT molecular complexity index is 820. The van der Waals surface area contributed by atoms with Crippen LogP contribution in [-0.2, 0) is 19.3 Å². The minimum absolute atomic E-state index is 0.543. The zero-order chi connectivity index (χ0) is 17.1. The molecule has 1 unspecified atom stereocenters. The van der Waals surface area contributed by atoms with Gasteiger partial charge in [-0.1, -0.05) is 78.9 Å². The van der Waals surface area contributed by atoms with Gasteiger partial charge in [0.25, 0.3) is 0 Å². The van der Waals surface area contributed by atoms with Crippen LogP contribution in [0.4, 0.5) is 0 Å². The van der Waals surface area contributed by atoms with Gasteiger partial charge in [-0.15, -0.1) is 0 Å². The fourth-order valence-electron chi connectivity index (χ4n) is 4.11. The number of likely N-dealkylation sites (N-methyl/N-ethyl adjacent to an activating group) is 1. The van der Waals surface area contributed by atoms with Crippen molar-refractivity contribution in [3.05, 3.63) is 107 Å². The van der Waals surface area contributed by atoms with Gasteiger partial charge in [0.2, 0.25) is 0 Å². The molecule has 0 radical (unpaired) electrons. The first-order valence-corrected chi connectivity index (χ1v) is 9.20. The van der Waals surface area contributed by atoms with Crippen molar-refractivity contribution in [1.82, 2.24) is 5.32 Å². The van der Waals surface area contributed by atoms with E-state index in [1.807, 2.05) is 0 Å². The number of benzene rings is 3. The third-order valence-electron chi connectivity index (χ3n) is 5.48. The van der Waals surface area contributed by atoms with E-state index in [-0.39, 0.29) is 0 Å². The second kappa shape index (κ2) is 7.25. The molecule has 1 aliphatic rings. The minimum Gasteiger partial charge on any atom is -0.316 e. The van der Waals surface area contributed by atoms with Crippen LogP contribution in [-0.4, -0.2) is 13.1 Å². The number of rotatable bonds is 5. The summed E-state index contributed by atoms with van der Waals surface area (Å²) < 4.78 is 0. The molecule has 0 saturated heterocycles. The van der Waals surface area contributed by atoms with Gasteiger partial charge in [-0.2, -0.15) is 0 Å². The maximum Gasteiger partial charge on any atom is 0.0177 e. The van der Waals surface area contributed by atoms with Crippen LogP contribution >= 0.6 is 0 Å². The largest absolute Gasteiger partial charge is 0.316 e. The van der Waals surface area contributed by atoms with Gasteiger partial charge >= 0.3 is 0 Å². The first-order chi connectivity index (χ1) is 12.3. The maximum absolute atomic E-state index is 3.53. The van der Waals surface area contributed by atoms with Gasteiger partial charge in [-0.25, -0.2) is 0 Å². The molecule has 25 heavy (non-hydrogen) atoms. The van der Waals surface area contributed by atoms with E-state index < -0.39 is 0 Å². The van der Waals surface area contributed by atoms with E-state index >= 15 is 0 Å². The van der Waals surface area contributed by atoms with Gasteiger partial charge in [-0.05, 0) is 54.1 Å². The summed E-state index contributed by atoms with van der Waals surface area (Å²) in [4.78, 5) is 0. The molecule has 0 fully saturated rings. The molecule has 0 amide bonds. The summed E-state index contributed by atoms with van der Waals surface area (Å²) in [6.07, 6.45) is 3.25. The van der Waals surface area contributed by atoms with E-state index in [9.17, 15) is 0 Å². The van der Waals surface area contributed by atoms with Gasteiger partial charge in [0.15, 0.2) is 0 Å². The topological polar surface area (TPSA) is 12.0 Å². The number of nitrogens with one attached hydrogen (secondary N) is 1. The van der Waals surface area contributed by atoms with E-state index in [4.69, 9.17) is 0 Å². The SMILES string of the molecule is CN[C@H]1Cc2ccccc2C1Cc1ccc(Cc2ccccc2)cc1. The number of fused-ring (bicyclic) bond motifs is 1. The van der Waals surface area contributed by atoms with Crippen LogP contribution < -0.4 is 5.32 Å². The molecule has 126 valence electrons. The van der Waals surface area contributed by atoms with E-state index in [2.05, 4.69) is 91.2 Å². The van der Waals surface area contributed by atoms with Crippen molar-refractivity contribution in [2.24, 2.45) is 0 Å². The fraction of sp³-hybridized carbons (Fsp3) is 0.250. The van der Waals surface area contributed by atoms with E-state index in [0.717, 1.165) is 19.3 Å². The van der Waals surface area contributed by atoms with E-state index in [1.165, 1.54) is 27.8 Å². The van der Waals surface area contributed by atoms with Crippen molar-refractivity contribution in [3.8, 4) is 0 Å². The quantitative estimate of drug-likeness (QED) is 0.713. The first kappa shape index (κ1) is 16.1. The highest BCUT2D eigenvalue weighted by Crippen LogP contribution is 2.35. The predicted octanol–water partition coefficient (Wildman–Crippen LogP) is 4.75. The molecular weight excluding hydrogens is 302 g/mol. The van der Waals surface area contributed by atoms with Crippen molar-refractivity contribution in [1.29, 1.82) is 0 Å². The molecule has 1 heteroatoms. The maximum atomic E-state index is 3.53. The third kappa shape index (κ3) is 3.52. The summed E-state index contributed by atoms with van der Waals surface area (Å²) in [5, 5.41) is 3.53. The highest BCUT2D eigenvalue weighted by Gasteiger charge is 2.30. The zero-order valence-electron chi connectivity index (χ0n) is 14.8. The zero-order valence-corrected chi connectivity index (χ0v) is 14.8. The van der Waals surface area contributed by atoms with Crippen LogP contribution in [0.3, 0.4) is 0 Å². The highest BCUT2D eigenvalue weighted by atomic mass is 14.9. The molecule has 1 nitrogen and oxygen atoms in total. The lowest BCUT2D eigenvalue weighted by atomic mass is 9.90. The molecule has 3 aromatic carbocycles. The molecule has 3 aromatic rings. The summed E-state index contributed by atoms with van der Waals surface area (Å²) in [5.41, 5.74) is 7.21. The molecule has 0 aliphatic heterocycles. The normalized spacial score (nSPS) is 18.9. The second-order valence-corrected chi connectivity index (χ2v) is 7.09. The Morgan fingerprint density at radius 2 is 1.40 bits per heavy atom. The van der Waals surface area contributed by atoms with Crippen LogP contribution in [0, 0.1) is 0 Å². The van der Waals surface area contributed by atoms with Crippen molar-refractivity contribution in [2.75, 3.05) is 7.05 Å². The van der Waals surface area contributed by atoms with Crippen molar-refractivity contribution in [2.45, 2.75) is 31.2 Å². The molecule has 0 aromatic heterocycles. The summed E-state index contributed by atoms with van der Waals surface area (Å²) in [6, 6.07) is 29.3. The smallest absolute Gasteiger partial charge is 0.0177 e. The number of hydrogen-bond acceptors (Lipinski definition) is 1. The lowest BCUT2D eigenvalue weighted by Crippen LogP contribution is -2.30. The molecule has 0 bridgehead atoms. The predicted molar refractivity (Wildman–Crippen MR) is 105 cm³/mol. The molecule has 1 aliphatic carbocycles. The second-order valence-electron chi connectivity index (χ2n) is 7.09. The fourth-order valence-corrected chi connectivity index (χ4v) is 4.11. The van der Waals surface area contributed by atoms with E-state index in [0.29, 0.717) is 12.0 Å². The summed E-state index contributed by atoms with van der Waals surface area (Å²) >= 11 is 0. The Kier molecular flexibility index (Phi) is 4.67. The first-order valence-electron chi connectivity index (χ1n) is 9.20. The molecular formula is C24H25N. The third-order valence-corrected chi connectivity index (χ3v) is 5.48. The van der Waals surface area contributed by atoms with Crippen molar-refractivity contribution >= 4 is 0 Å². The van der Waals surface area contributed by atoms with Crippen LogP contribution in [0.2, 0.25) is 0 Å². The van der Waals surface area contributed by atoms with E-state index in [1.54, 1.807) is 0 Å². The van der Waals surface area contributed by atoms with Crippen LogP contribution in [0.15, 0.2) is 78.9 Å². The average molecular weight is 327 g/mol. The highest BCUT2D eigenvalue weighted by molar-refractivity contribution is 5.39. The molecule has 4 rings (SSSR count). The Morgan fingerprint density at radius 1 is 0.760 bits per heavy atom. The Labute approximate surface area is 150 Å². The Hall–Kier alpha value is -2.38. The van der Waals surface area contributed by atoms with Gasteiger partial charge in [0.1, 0.15) is 0 Å². The van der Waals surface area contributed by atoms with Crippen LogP contribution in [0.25, 0.3) is 0 Å². The van der Waals surface area contributed by atoms with Crippen LogP contribution in [0.5, 0.6) is 0 Å². The molecule has 1 N–H and O–H groups in total. The monoisotopic (exact) mass is 327 g/mol. The minimum atomic E-state index is 0.543. The van der Waals surface area contributed by atoms with Gasteiger partial charge in [-0.3, -0.25) is 0 Å². The van der Waals surface area contributed by atoms with Gasteiger partial charge in [0, 0.05) is 12.0 Å². The molecule has 0 heterocycles. The Morgan fingerprint density at radius 3 is 2.16 bits per heavy atom. The molecule has 0 saturated carbocycles. The summed E-state index contributed by atoms with van der Waals surface area (Å²) in [7, 11) is 2.09. The lowest BCUT2D eigenvalue weighted by molar-refractivity contribution is 0.492.